The van der Waals surface area contributed by atoms with Crippen LogP contribution >= 0.6 is 0 Å². The van der Waals surface area contributed by atoms with Crippen molar-refractivity contribution < 1.29 is 4.92 Å². The lowest BCUT2D eigenvalue weighted by Crippen LogP contribution is -2.00. The van der Waals surface area contributed by atoms with Crippen molar-refractivity contribution in [1.29, 1.82) is 0 Å². The minimum absolute atomic E-state index is 0.164. The molecule has 0 fully saturated rings. The van der Waals surface area contributed by atoms with Gasteiger partial charge in [0.05, 0.1) is 4.92 Å². The highest BCUT2D eigenvalue weighted by Crippen LogP contribution is 2.26. The Bertz CT molecular complexity index is 633. The summed E-state index contributed by atoms with van der Waals surface area (Å²) < 4.78 is 0. The Balaban J connectivity index is 2.42. The third-order valence-electron chi connectivity index (χ3n) is 3.44. The smallest absolute Gasteiger partial charge is 0.258 e. The van der Waals surface area contributed by atoms with Crippen molar-refractivity contribution in [3.8, 4) is 0 Å². The lowest BCUT2D eigenvalue weighted by molar-refractivity contribution is -0.384. The first kappa shape index (κ1) is 14.3. The largest absolute Gasteiger partial charge is 0.269 e. The van der Waals surface area contributed by atoms with Crippen LogP contribution in [0.3, 0.4) is 0 Å². The van der Waals surface area contributed by atoms with E-state index in [1.165, 1.54) is 16.7 Å². The highest BCUT2D eigenvalue weighted by molar-refractivity contribution is 5.43. The van der Waals surface area contributed by atoms with Crippen LogP contribution in [0, 0.1) is 17.0 Å². The fraction of sp³-hybridized carbons (Fsp3) is 0.294. The van der Waals surface area contributed by atoms with E-state index in [2.05, 4.69) is 39.0 Å². The molecule has 0 atom stereocenters. The van der Waals surface area contributed by atoms with E-state index in [-0.39, 0.29) is 10.6 Å². The molecule has 2 aromatic carbocycles. The molecule has 104 valence electrons. The van der Waals surface area contributed by atoms with Crippen molar-refractivity contribution >= 4 is 5.69 Å². The van der Waals surface area contributed by atoms with Gasteiger partial charge in [-0.15, -0.1) is 0 Å². The van der Waals surface area contributed by atoms with Crippen molar-refractivity contribution in [2.45, 2.75) is 33.1 Å². The van der Waals surface area contributed by atoms with E-state index in [0.717, 1.165) is 12.0 Å². The van der Waals surface area contributed by atoms with E-state index in [9.17, 15) is 10.1 Å². The highest BCUT2D eigenvalue weighted by Gasteiger charge is 2.13. The molecule has 0 aromatic heterocycles. The maximum atomic E-state index is 10.9. The molecule has 0 aliphatic heterocycles. The van der Waals surface area contributed by atoms with Crippen molar-refractivity contribution in [1.82, 2.24) is 0 Å². The van der Waals surface area contributed by atoms with Crippen molar-refractivity contribution in [2.24, 2.45) is 0 Å². The van der Waals surface area contributed by atoms with Crippen molar-refractivity contribution in [3.63, 3.8) is 0 Å². The van der Waals surface area contributed by atoms with Crippen LogP contribution in [0.1, 0.15) is 42.0 Å². The Morgan fingerprint density at radius 2 is 1.90 bits per heavy atom. The van der Waals surface area contributed by atoms with Crippen LogP contribution in [0.4, 0.5) is 5.69 Å². The molecule has 20 heavy (non-hydrogen) atoms. The predicted molar refractivity (Wildman–Crippen MR) is 81.2 cm³/mol. The summed E-state index contributed by atoms with van der Waals surface area (Å²) in [5.41, 5.74) is 4.78. The van der Waals surface area contributed by atoms with E-state index in [1.54, 1.807) is 12.1 Å². The molecular weight excluding hydrogens is 250 g/mol. The third kappa shape index (κ3) is 3.23. The average molecular weight is 269 g/mol. The topological polar surface area (TPSA) is 43.1 Å². The molecule has 0 heterocycles. The zero-order valence-electron chi connectivity index (χ0n) is 12.1. The van der Waals surface area contributed by atoms with Gasteiger partial charge in [0.15, 0.2) is 0 Å². The lowest BCUT2D eigenvalue weighted by atomic mass is 9.92. The summed E-state index contributed by atoms with van der Waals surface area (Å²) in [5, 5.41) is 10.9. The number of hydrogen-bond donors (Lipinski definition) is 0. The van der Waals surface area contributed by atoms with E-state index >= 15 is 0 Å². The summed E-state index contributed by atoms with van der Waals surface area (Å²) >= 11 is 0. The molecule has 0 amide bonds. The van der Waals surface area contributed by atoms with Crippen LogP contribution < -0.4 is 0 Å². The van der Waals surface area contributed by atoms with E-state index in [1.807, 2.05) is 12.1 Å². The van der Waals surface area contributed by atoms with Crippen LogP contribution in [-0.4, -0.2) is 4.92 Å². The van der Waals surface area contributed by atoms with Crippen LogP contribution in [-0.2, 0) is 6.42 Å². The number of hydrogen-bond acceptors (Lipinski definition) is 2. The molecule has 0 bridgehead atoms. The van der Waals surface area contributed by atoms with Gasteiger partial charge in [-0.1, -0.05) is 49.7 Å². The number of rotatable bonds is 4. The maximum Gasteiger partial charge on any atom is 0.269 e. The summed E-state index contributed by atoms with van der Waals surface area (Å²) in [5.74, 6) is 0.357. The third-order valence-corrected chi connectivity index (χ3v) is 3.44. The monoisotopic (exact) mass is 269 g/mol. The second-order valence-corrected chi connectivity index (χ2v) is 5.46. The number of aryl methyl sites for hydroxylation is 1. The van der Waals surface area contributed by atoms with Crippen molar-refractivity contribution in [3.05, 3.63) is 74.8 Å². The predicted octanol–water partition coefficient (Wildman–Crippen LogP) is 4.62. The van der Waals surface area contributed by atoms with Gasteiger partial charge < -0.3 is 0 Å². The molecule has 0 unspecified atom stereocenters. The molecule has 0 aliphatic carbocycles. The molecule has 0 aliphatic rings. The summed E-state index contributed by atoms with van der Waals surface area (Å²) in [7, 11) is 0. The van der Waals surface area contributed by atoms with Gasteiger partial charge in [0.25, 0.3) is 5.69 Å². The van der Waals surface area contributed by atoms with E-state index in [0.29, 0.717) is 5.92 Å². The first-order valence-electron chi connectivity index (χ1n) is 6.80. The Kier molecular flexibility index (Phi) is 4.18. The molecular formula is C17H19NO2. The Hall–Kier alpha value is -2.16. The Morgan fingerprint density at radius 3 is 2.50 bits per heavy atom. The van der Waals surface area contributed by atoms with Gasteiger partial charge in [0, 0.05) is 12.1 Å². The van der Waals surface area contributed by atoms with Crippen molar-refractivity contribution in [2.75, 3.05) is 0 Å². The standard InChI is InChI=1S/C17H19NO2/c1-12(2)17-8-7-16(18(19)20)11-15(17)10-14-6-4-5-13(3)9-14/h4-9,11-12H,10H2,1-3H3. The fourth-order valence-electron chi connectivity index (χ4n) is 2.46. The maximum absolute atomic E-state index is 10.9. The summed E-state index contributed by atoms with van der Waals surface area (Å²) in [6.45, 7) is 6.28. The molecule has 0 saturated carbocycles. The summed E-state index contributed by atoms with van der Waals surface area (Å²) in [6.07, 6.45) is 0.733. The number of nitro groups is 1. The summed E-state index contributed by atoms with van der Waals surface area (Å²) in [6, 6.07) is 13.5. The van der Waals surface area contributed by atoms with E-state index in [4.69, 9.17) is 0 Å². The van der Waals surface area contributed by atoms with Crippen LogP contribution in [0.15, 0.2) is 42.5 Å². The number of non-ortho nitro benzene ring substituents is 1. The Morgan fingerprint density at radius 1 is 1.15 bits per heavy atom. The van der Waals surface area contributed by atoms with Gasteiger partial charge in [0.1, 0.15) is 0 Å². The quantitative estimate of drug-likeness (QED) is 0.600. The van der Waals surface area contributed by atoms with Gasteiger partial charge in [-0.25, -0.2) is 0 Å². The minimum atomic E-state index is -0.330. The molecule has 0 spiro atoms. The highest BCUT2D eigenvalue weighted by atomic mass is 16.6. The first-order valence-corrected chi connectivity index (χ1v) is 6.80. The normalized spacial score (nSPS) is 10.8. The number of nitrogens with zero attached hydrogens (tertiary/aromatic N) is 1. The number of nitro benzene ring substituents is 1. The second kappa shape index (κ2) is 5.87. The zero-order valence-corrected chi connectivity index (χ0v) is 12.1. The summed E-state index contributed by atoms with van der Waals surface area (Å²) in [4.78, 5) is 10.6. The van der Waals surface area contributed by atoms with Gasteiger partial charge in [-0.05, 0) is 36.0 Å². The Labute approximate surface area is 119 Å². The molecule has 3 nitrogen and oxygen atoms in total. The molecule has 0 N–H and O–H groups in total. The van der Waals surface area contributed by atoms with Crippen LogP contribution in [0.25, 0.3) is 0 Å². The minimum Gasteiger partial charge on any atom is -0.258 e. The van der Waals surface area contributed by atoms with Crippen LogP contribution in [0.2, 0.25) is 0 Å². The first-order chi connectivity index (χ1) is 9.47. The van der Waals surface area contributed by atoms with Gasteiger partial charge in [-0.3, -0.25) is 10.1 Å². The molecule has 0 saturated heterocycles. The van der Waals surface area contributed by atoms with Crippen LogP contribution in [0.5, 0.6) is 0 Å². The zero-order chi connectivity index (χ0) is 14.7. The SMILES string of the molecule is Cc1cccc(Cc2cc([N+](=O)[O-])ccc2C(C)C)c1. The van der Waals surface area contributed by atoms with Gasteiger partial charge >= 0.3 is 0 Å². The van der Waals surface area contributed by atoms with Gasteiger partial charge in [0.2, 0.25) is 0 Å². The molecule has 3 heteroatoms. The van der Waals surface area contributed by atoms with E-state index < -0.39 is 0 Å². The second-order valence-electron chi connectivity index (χ2n) is 5.46. The number of benzene rings is 2. The fourth-order valence-corrected chi connectivity index (χ4v) is 2.46. The lowest BCUT2D eigenvalue weighted by Gasteiger charge is -2.13. The molecule has 2 aromatic rings. The average Bonchev–Trinajstić information content (AvgIpc) is 2.38. The molecule has 2 rings (SSSR count). The van der Waals surface area contributed by atoms with Gasteiger partial charge in [-0.2, -0.15) is 0 Å². The molecule has 0 radical (unpaired) electrons.